The summed E-state index contributed by atoms with van der Waals surface area (Å²) in [6.07, 6.45) is 0. The number of benzene rings is 11. The average molecular weight is 1010 g/mol. The van der Waals surface area contributed by atoms with Crippen molar-refractivity contribution < 1.29 is 8.83 Å². The van der Waals surface area contributed by atoms with Gasteiger partial charge in [0.15, 0.2) is 0 Å². The summed E-state index contributed by atoms with van der Waals surface area (Å²) < 4.78 is 13.7. The SMILES string of the molecule is CC(C)c1ccc(N(c2ccc3cc4c(cc3c2)oc2cc3c(cc24)oc2cc4cc(N(c5ccc(C(C)C)cc5)c5cccc6c5-c5ccccc5C6(C)C)ccc4cc23)c2cccc3c2-c2ccccc2C3(C)C)cc1. The maximum atomic E-state index is 6.85. The molecule has 0 saturated heterocycles. The van der Waals surface area contributed by atoms with Crippen LogP contribution in [0.5, 0.6) is 0 Å². The number of fused-ring (bicyclic) bond motifs is 14. The summed E-state index contributed by atoms with van der Waals surface area (Å²) in [4.78, 5) is 4.89. The molecule has 2 aliphatic carbocycles. The molecule has 0 aliphatic heterocycles. The lowest BCUT2D eigenvalue weighted by atomic mass is 9.82. The van der Waals surface area contributed by atoms with E-state index in [0.717, 1.165) is 88.2 Å². The number of rotatable bonds is 8. The van der Waals surface area contributed by atoms with E-state index in [4.69, 9.17) is 8.83 Å². The molecular weight excluding hydrogens is 949 g/mol. The molecule has 2 aliphatic rings. The molecule has 0 unspecified atom stereocenters. The van der Waals surface area contributed by atoms with Gasteiger partial charge in [0.25, 0.3) is 0 Å². The Balaban J connectivity index is 0.832. The van der Waals surface area contributed by atoms with Crippen LogP contribution in [0.3, 0.4) is 0 Å². The van der Waals surface area contributed by atoms with Crippen LogP contribution in [0.15, 0.2) is 215 Å². The van der Waals surface area contributed by atoms with Gasteiger partial charge in [-0.3, -0.25) is 0 Å². The van der Waals surface area contributed by atoms with Crippen LogP contribution < -0.4 is 9.80 Å². The van der Waals surface area contributed by atoms with Crippen LogP contribution in [-0.4, -0.2) is 0 Å². The van der Waals surface area contributed by atoms with Crippen LogP contribution in [0.25, 0.3) is 87.7 Å². The van der Waals surface area contributed by atoms with Gasteiger partial charge < -0.3 is 18.6 Å². The third-order valence-corrected chi connectivity index (χ3v) is 17.8. The minimum Gasteiger partial charge on any atom is -0.456 e. The number of nitrogens with zero attached hydrogens (tertiary/aromatic N) is 2. The van der Waals surface area contributed by atoms with E-state index in [-0.39, 0.29) is 10.8 Å². The predicted molar refractivity (Wildman–Crippen MR) is 329 cm³/mol. The normalized spacial score (nSPS) is 14.1. The number of furan rings is 2. The topological polar surface area (TPSA) is 32.8 Å². The fraction of sp³-hybridized carbons (Fsp3) is 0.162. The largest absolute Gasteiger partial charge is 0.456 e. The molecule has 0 spiro atoms. The van der Waals surface area contributed by atoms with Crippen molar-refractivity contribution in [3.8, 4) is 22.3 Å². The third-order valence-electron chi connectivity index (χ3n) is 17.8. The minimum atomic E-state index is -0.115. The Labute approximate surface area is 455 Å². The standard InChI is InChI=1S/C74H60N2O2/c1-43(2)45-23-29-51(30-24-45)75(65-21-13-19-63-71(65)55-15-9-11-17-61(55)73(63,5)6)53-33-27-47-37-57-59-41-70-60(42-69(59)77-67(57)39-49(47)35-53)58-38-48-28-34-54(36-50(48)40-68(58)78-70)76(52-31-25-46(26-32-52)44(3)4)66-22-14-20-64-72(66)56-16-10-12-18-62(56)74(64,7)8/h9-44H,1-8H3. The molecule has 13 aromatic rings. The Morgan fingerprint density at radius 1 is 0.321 bits per heavy atom. The molecule has 78 heavy (non-hydrogen) atoms. The highest BCUT2D eigenvalue weighted by Crippen LogP contribution is 2.56. The molecule has 0 radical (unpaired) electrons. The second kappa shape index (κ2) is 16.8. The molecule has 0 fully saturated rings. The van der Waals surface area contributed by atoms with Crippen molar-refractivity contribution in [2.75, 3.05) is 9.80 Å². The second-order valence-corrected chi connectivity index (χ2v) is 23.7. The highest BCUT2D eigenvalue weighted by atomic mass is 16.3. The van der Waals surface area contributed by atoms with Crippen molar-refractivity contribution in [1.82, 2.24) is 0 Å². The van der Waals surface area contributed by atoms with Gasteiger partial charge in [-0.1, -0.05) is 165 Å². The molecule has 2 aromatic heterocycles. The highest BCUT2D eigenvalue weighted by Gasteiger charge is 2.39. The number of anilines is 6. The lowest BCUT2D eigenvalue weighted by Gasteiger charge is -2.29. The number of hydrogen-bond acceptors (Lipinski definition) is 4. The average Bonchev–Trinajstić information content (AvgIpc) is 4.35. The zero-order valence-electron chi connectivity index (χ0n) is 45.5. The van der Waals surface area contributed by atoms with E-state index in [9.17, 15) is 0 Å². The van der Waals surface area contributed by atoms with Crippen LogP contribution in [0, 0.1) is 0 Å². The third kappa shape index (κ3) is 6.85. The number of hydrogen-bond donors (Lipinski definition) is 0. The van der Waals surface area contributed by atoms with Gasteiger partial charge in [0.2, 0.25) is 0 Å². The van der Waals surface area contributed by atoms with E-state index in [0.29, 0.717) is 11.8 Å². The smallest absolute Gasteiger partial charge is 0.136 e. The molecule has 378 valence electrons. The maximum absolute atomic E-state index is 6.85. The van der Waals surface area contributed by atoms with E-state index < -0.39 is 0 Å². The van der Waals surface area contributed by atoms with E-state index in [1.54, 1.807) is 0 Å². The van der Waals surface area contributed by atoms with Crippen molar-refractivity contribution in [2.24, 2.45) is 0 Å². The summed E-state index contributed by atoms with van der Waals surface area (Å²) in [7, 11) is 0. The van der Waals surface area contributed by atoms with E-state index in [2.05, 4.69) is 271 Å². The van der Waals surface area contributed by atoms with Gasteiger partial charge in [-0.15, -0.1) is 0 Å². The zero-order chi connectivity index (χ0) is 52.9. The van der Waals surface area contributed by atoms with Crippen LogP contribution in [-0.2, 0) is 10.8 Å². The second-order valence-electron chi connectivity index (χ2n) is 23.7. The van der Waals surface area contributed by atoms with E-state index >= 15 is 0 Å². The molecule has 11 aromatic carbocycles. The van der Waals surface area contributed by atoms with Crippen molar-refractivity contribution >= 4 is 99.5 Å². The lowest BCUT2D eigenvalue weighted by molar-refractivity contribution is 0.660. The summed E-state index contributed by atoms with van der Waals surface area (Å²) in [5.41, 5.74) is 23.2. The van der Waals surface area contributed by atoms with Crippen molar-refractivity contribution in [3.05, 3.63) is 240 Å². The summed E-state index contributed by atoms with van der Waals surface area (Å²) in [6, 6.07) is 76.9. The maximum Gasteiger partial charge on any atom is 0.136 e. The molecule has 15 rings (SSSR count). The Morgan fingerprint density at radius 3 is 1.09 bits per heavy atom. The van der Waals surface area contributed by atoms with E-state index in [1.807, 2.05) is 0 Å². The van der Waals surface area contributed by atoms with Gasteiger partial charge in [-0.05, 0) is 175 Å². The molecule has 0 N–H and O–H groups in total. The van der Waals surface area contributed by atoms with Crippen molar-refractivity contribution in [2.45, 2.75) is 78.1 Å². The van der Waals surface area contributed by atoms with Crippen LogP contribution in [0.2, 0.25) is 0 Å². The van der Waals surface area contributed by atoms with E-state index in [1.165, 1.54) is 67.0 Å². The predicted octanol–water partition coefficient (Wildman–Crippen LogP) is 21.6. The first-order valence-corrected chi connectivity index (χ1v) is 27.8. The minimum absolute atomic E-state index is 0.115. The first kappa shape index (κ1) is 46.4. The van der Waals surface area contributed by atoms with Gasteiger partial charge in [-0.25, -0.2) is 0 Å². The Bertz CT molecular complexity index is 4330. The molecule has 4 heteroatoms. The van der Waals surface area contributed by atoms with Crippen molar-refractivity contribution in [1.29, 1.82) is 0 Å². The molecule has 0 saturated carbocycles. The molecule has 0 bridgehead atoms. The summed E-state index contributed by atoms with van der Waals surface area (Å²) in [5.74, 6) is 0.879. The highest BCUT2D eigenvalue weighted by molar-refractivity contribution is 6.18. The Kier molecular flexibility index (Phi) is 10.0. The first-order chi connectivity index (χ1) is 37.8. The fourth-order valence-corrected chi connectivity index (χ4v) is 13.5. The zero-order valence-corrected chi connectivity index (χ0v) is 45.5. The van der Waals surface area contributed by atoms with Gasteiger partial charge >= 0.3 is 0 Å². The van der Waals surface area contributed by atoms with Gasteiger partial charge in [0.1, 0.15) is 22.3 Å². The molecule has 0 amide bonds. The van der Waals surface area contributed by atoms with Gasteiger partial charge in [0.05, 0.1) is 11.4 Å². The Morgan fingerprint density at radius 2 is 0.679 bits per heavy atom. The molecular formula is C74H60N2O2. The molecule has 2 heterocycles. The lowest BCUT2D eigenvalue weighted by Crippen LogP contribution is -2.16. The molecule has 0 atom stereocenters. The van der Waals surface area contributed by atoms with Gasteiger partial charge in [-0.2, -0.15) is 0 Å². The first-order valence-electron chi connectivity index (χ1n) is 27.8. The van der Waals surface area contributed by atoms with Gasteiger partial charge in [0, 0.05) is 66.3 Å². The summed E-state index contributed by atoms with van der Waals surface area (Å²) in [5, 5.41) is 8.77. The van der Waals surface area contributed by atoms with Crippen LogP contribution in [0.1, 0.15) is 101 Å². The van der Waals surface area contributed by atoms with Crippen LogP contribution >= 0.6 is 0 Å². The summed E-state index contributed by atoms with van der Waals surface area (Å²) in [6.45, 7) is 18.4. The molecule has 4 nitrogen and oxygen atoms in total. The monoisotopic (exact) mass is 1010 g/mol. The summed E-state index contributed by atoms with van der Waals surface area (Å²) >= 11 is 0. The quantitative estimate of drug-likeness (QED) is 0.152. The van der Waals surface area contributed by atoms with Crippen LogP contribution in [0.4, 0.5) is 34.1 Å². The Hall–Kier alpha value is -8.86. The fourth-order valence-electron chi connectivity index (χ4n) is 13.5. The van der Waals surface area contributed by atoms with Crippen molar-refractivity contribution in [3.63, 3.8) is 0 Å².